The highest BCUT2D eigenvalue weighted by Crippen LogP contribution is 2.28. The number of carbonyl (C=O) groups is 1. The molecule has 0 aliphatic heterocycles. The van der Waals surface area contributed by atoms with Gasteiger partial charge in [0.1, 0.15) is 5.69 Å². The second-order valence-electron chi connectivity index (χ2n) is 2.96. The van der Waals surface area contributed by atoms with Gasteiger partial charge in [-0.05, 0) is 22.7 Å². The fourth-order valence-corrected chi connectivity index (χ4v) is 1.12. The molecule has 0 aliphatic carbocycles. The van der Waals surface area contributed by atoms with Gasteiger partial charge < -0.3 is 20.3 Å². The van der Waals surface area contributed by atoms with E-state index in [-0.39, 0.29) is 5.56 Å². The largest absolute Gasteiger partial charge is 0.568 e. The average Bonchev–Trinajstić information content (AvgIpc) is 2.27. The fourth-order valence-electron chi connectivity index (χ4n) is 1.12. The van der Waals surface area contributed by atoms with E-state index in [1.165, 1.54) is 0 Å². The van der Waals surface area contributed by atoms with Gasteiger partial charge in [-0.1, -0.05) is 12.1 Å². The first kappa shape index (κ1) is 13.5. The number of aromatic carboxylic acids is 1. The van der Waals surface area contributed by atoms with Crippen molar-refractivity contribution in [1.29, 1.82) is 0 Å². The molecule has 0 aliphatic rings. The number of anilines is 1. The number of carboxylic acids is 1. The van der Waals surface area contributed by atoms with Gasteiger partial charge in [0.25, 0.3) is 0 Å². The molecule has 0 atom stereocenters. The highest BCUT2D eigenvalue weighted by atomic mass is 19.4. The predicted molar refractivity (Wildman–Crippen MR) is 47.1 cm³/mol. The van der Waals surface area contributed by atoms with Gasteiger partial charge in [-0.25, -0.2) is 0 Å². The molecule has 10 heteroatoms. The number of nitrogens with zero attached hydrogens (tertiary/aromatic N) is 3. The van der Waals surface area contributed by atoms with E-state index in [1.807, 2.05) is 5.28 Å². The quantitative estimate of drug-likeness (QED) is 0.373. The van der Waals surface area contributed by atoms with Crippen molar-refractivity contribution >= 4 is 11.7 Å². The molecule has 0 unspecified atom stereocenters. The minimum atomic E-state index is -5.14. The second kappa shape index (κ2) is 4.77. The van der Waals surface area contributed by atoms with Crippen LogP contribution in [0.5, 0.6) is 0 Å². The zero-order chi connectivity index (χ0) is 13.9. The molecule has 98 valence electrons. The summed E-state index contributed by atoms with van der Waals surface area (Å²) < 4.78 is 37.5. The minimum Gasteiger partial charge on any atom is -0.568 e. The number of carbonyl (C=O) groups excluding carboxylic acids is 1. The molecule has 18 heavy (non-hydrogen) atoms. The number of benzene rings is 1. The van der Waals surface area contributed by atoms with E-state index >= 15 is 0 Å². The average molecular weight is 264 g/mol. The zero-order valence-electron chi connectivity index (χ0n) is 8.46. The lowest BCUT2D eigenvalue weighted by molar-refractivity contribution is -0.598. The smallest absolute Gasteiger partial charge is 0.539 e. The zero-order valence-corrected chi connectivity index (χ0v) is 8.46. The van der Waals surface area contributed by atoms with Crippen LogP contribution in [0.2, 0.25) is 0 Å². The number of rotatable bonds is 3. The Hall–Kier alpha value is -2.52. The van der Waals surface area contributed by atoms with Crippen LogP contribution in [0.1, 0.15) is 10.4 Å². The molecule has 1 N–H and O–H groups in total. The monoisotopic (exact) mass is 264 g/mol. The number of hydrogen-bond acceptors (Lipinski definition) is 4. The molecular weight excluding hydrogens is 259 g/mol. The normalized spacial score (nSPS) is 12.3. The summed E-state index contributed by atoms with van der Waals surface area (Å²) in [4.78, 5) is 9.30. The minimum absolute atomic E-state index is 0.362. The van der Waals surface area contributed by atoms with Crippen LogP contribution in [0.4, 0.5) is 18.9 Å². The van der Waals surface area contributed by atoms with E-state index < -0.39 is 27.9 Å². The molecule has 0 radical (unpaired) electrons. The number of hydrazine groups is 1. The van der Waals surface area contributed by atoms with Crippen LogP contribution in [0.15, 0.2) is 29.5 Å². The summed E-state index contributed by atoms with van der Waals surface area (Å²) in [5.41, 5.74) is -1.08. The maximum Gasteiger partial charge on any atom is 0.539 e. The molecule has 0 bridgehead atoms. The third-order valence-electron chi connectivity index (χ3n) is 1.84. The summed E-state index contributed by atoms with van der Waals surface area (Å²) in [5, 5.41) is 30.2. The molecule has 0 heterocycles. The maximum atomic E-state index is 12.5. The Labute approximate surface area is 97.5 Å². The Balaban J connectivity index is 3.19. The van der Waals surface area contributed by atoms with Crippen molar-refractivity contribution in [2.75, 3.05) is 5.01 Å². The lowest BCUT2D eigenvalue weighted by Crippen LogP contribution is -2.43. The van der Waals surface area contributed by atoms with Crippen LogP contribution < -0.4 is 10.1 Å². The summed E-state index contributed by atoms with van der Waals surface area (Å²) in [5.74, 6) is -1.58. The van der Waals surface area contributed by atoms with Crippen LogP contribution >= 0.6 is 0 Å². The maximum absolute atomic E-state index is 12.5. The first-order valence-electron chi connectivity index (χ1n) is 4.28. The topological polar surface area (TPSA) is 102 Å². The van der Waals surface area contributed by atoms with E-state index in [1.54, 1.807) is 0 Å². The molecule has 0 saturated carbocycles. The second-order valence-corrected chi connectivity index (χ2v) is 2.96. The van der Waals surface area contributed by atoms with Gasteiger partial charge in [-0.3, -0.25) is 0 Å². The van der Waals surface area contributed by atoms with Crippen LogP contribution in [0, 0.1) is 5.21 Å². The fraction of sp³-hybridized carbons (Fsp3) is 0.125. The van der Waals surface area contributed by atoms with E-state index in [2.05, 4.69) is 0 Å². The Morgan fingerprint density at radius 3 is 2.17 bits per heavy atom. The van der Waals surface area contributed by atoms with Crippen molar-refractivity contribution in [3.63, 3.8) is 0 Å². The lowest BCUT2D eigenvalue weighted by Gasteiger charge is -2.19. The molecule has 0 amide bonds. The van der Waals surface area contributed by atoms with E-state index in [4.69, 9.17) is 5.21 Å². The third-order valence-corrected chi connectivity index (χ3v) is 1.84. The standard InChI is InChI=1S/C8H6F3N3O4/c9-8(10,11)13(14(18)12-17)6-3-1-5(2-4-6)7(15)16/h1-4,17H,(H,15,16)/p-1/b14-12-. The molecule has 7 nitrogen and oxygen atoms in total. The van der Waals surface area contributed by atoms with Crippen molar-refractivity contribution in [3.8, 4) is 0 Å². The van der Waals surface area contributed by atoms with Crippen LogP contribution in [0.25, 0.3) is 0 Å². The van der Waals surface area contributed by atoms with Gasteiger partial charge >= 0.3 is 6.30 Å². The first-order chi connectivity index (χ1) is 8.27. The Bertz CT molecular complexity index is 471. The van der Waals surface area contributed by atoms with Crippen molar-refractivity contribution < 1.29 is 33.2 Å². The summed E-state index contributed by atoms with van der Waals surface area (Å²) in [6.45, 7) is 0. The van der Waals surface area contributed by atoms with E-state index in [9.17, 15) is 28.3 Å². The summed E-state index contributed by atoms with van der Waals surface area (Å²) >= 11 is 0. The number of halogens is 3. The summed E-state index contributed by atoms with van der Waals surface area (Å²) in [6.07, 6.45) is -5.14. The lowest BCUT2D eigenvalue weighted by atomic mass is 10.2. The Morgan fingerprint density at radius 1 is 1.33 bits per heavy atom. The first-order valence-corrected chi connectivity index (χ1v) is 4.28. The van der Waals surface area contributed by atoms with Crippen LogP contribution in [0.3, 0.4) is 0 Å². The van der Waals surface area contributed by atoms with E-state index in [0.29, 0.717) is 12.1 Å². The van der Waals surface area contributed by atoms with Crippen molar-refractivity contribution in [2.45, 2.75) is 6.30 Å². The van der Waals surface area contributed by atoms with Crippen LogP contribution in [-0.2, 0) is 0 Å². The number of hydrogen-bond donors (Lipinski definition) is 1. The SMILES string of the molecule is O=C([O-])c1ccc(N(/[N+]([O-])=N/O)C(F)(F)F)cc1. The van der Waals surface area contributed by atoms with Gasteiger partial charge in [0, 0.05) is 0 Å². The molecule has 1 aromatic carbocycles. The van der Waals surface area contributed by atoms with Gasteiger partial charge in [0.15, 0.2) is 0 Å². The van der Waals surface area contributed by atoms with Gasteiger partial charge in [0.2, 0.25) is 5.28 Å². The van der Waals surface area contributed by atoms with Crippen molar-refractivity contribution in [3.05, 3.63) is 35.0 Å². The molecule has 0 fully saturated rings. The van der Waals surface area contributed by atoms with Crippen molar-refractivity contribution in [1.82, 2.24) is 0 Å². The molecule has 0 spiro atoms. The number of carboxylic acid groups (broad SMARTS) is 1. The summed E-state index contributed by atoms with van der Waals surface area (Å²) in [6, 6.07) is 3.06. The third kappa shape index (κ3) is 2.78. The summed E-state index contributed by atoms with van der Waals surface area (Å²) in [7, 11) is 0. The van der Waals surface area contributed by atoms with Crippen LogP contribution in [-0.4, -0.2) is 22.4 Å². The Kier molecular flexibility index (Phi) is 3.59. The molecular formula is C8H5F3N3O4-. The predicted octanol–water partition coefficient (Wildman–Crippen LogP) is 0.643. The highest BCUT2D eigenvalue weighted by Gasteiger charge is 2.46. The molecule has 1 aromatic rings. The van der Waals surface area contributed by atoms with Gasteiger partial charge in [-0.15, -0.1) is 13.2 Å². The van der Waals surface area contributed by atoms with Gasteiger partial charge in [0.05, 0.1) is 10.9 Å². The highest BCUT2D eigenvalue weighted by molar-refractivity contribution is 5.86. The number of alkyl halides is 3. The van der Waals surface area contributed by atoms with Crippen molar-refractivity contribution in [2.24, 2.45) is 5.28 Å². The molecule has 1 rings (SSSR count). The molecule has 0 saturated heterocycles. The van der Waals surface area contributed by atoms with Gasteiger partial charge in [-0.2, -0.15) is 0 Å². The Morgan fingerprint density at radius 2 is 1.83 bits per heavy atom. The molecule has 0 aromatic heterocycles. The van der Waals surface area contributed by atoms with E-state index in [0.717, 1.165) is 12.1 Å².